The van der Waals surface area contributed by atoms with Crippen molar-refractivity contribution in [2.45, 2.75) is 0 Å². The van der Waals surface area contributed by atoms with E-state index < -0.39 is 16.9 Å². The van der Waals surface area contributed by atoms with Gasteiger partial charge in [0, 0.05) is 16.7 Å². The van der Waals surface area contributed by atoms with Crippen molar-refractivity contribution in [3.8, 4) is 11.1 Å². The van der Waals surface area contributed by atoms with E-state index in [4.69, 9.17) is 11.6 Å². The Hall–Kier alpha value is -1.74. The van der Waals surface area contributed by atoms with Crippen LogP contribution in [-0.4, -0.2) is 5.24 Å². The van der Waals surface area contributed by atoms with E-state index in [0.29, 0.717) is 0 Å². The normalized spacial score (nSPS) is 10.3. The molecule has 17 heavy (non-hydrogen) atoms. The van der Waals surface area contributed by atoms with Crippen LogP contribution < -0.4 is 0 Å². The van der Waals surface area contributed by atoms with Gasteiger partial charge in [-0.05, 0) is 29.8 Å². The van der Waals surface area contributed by atoms with E-state index in [1.165, 1.54) is 30.3 Å². The van der Waals surface area contributed by atoms with Crippen molar-refractivity contribution in [3.63, 3.8) is 0 Å². The predicted octanol–water partition coefficient (Wildman–Crippen LogP) is 4.01. The average Bonchev–Trinajstić information content (AvgIpc) is 2.30. The summed E-state index contributed by atoms with van der Waals surface area (Å²) in [6.45, 7) is 0. The molecule has 0 saturated carbocycles. The molecule has 4 heteroatoms. The monoisotopic (exact) mass is 252 g/mol. The second-order valence-electron chi connectivity index (χ2n) is 3.42. The number of carbonyl (C=O) groups is 1. The maximum Gasteiger partial charge on any atom is 0.253 e. The molecule has 0 aliphatic heterocycles. The van der Waals surface area contributed by atoms with E-state index >= 15 is 0 Å². The smallest absolute Gasteiger partial charge is 0.253 e. The Morgan fingerprint density at radius 3 is 2.24 bits per heavy atom. The summed E-state index contributed by atoms with van der Waals surface area (Å²) in [5, 5.41) is -0.817. The number of halogens is 3. The summed E-state index contributed by atoms with van der Waals surface area (Å²) in [6, 6.07) is 9.52. The Morgan fingerprint density at radius 1 is 0.941 bits per heavy atom. The summed E-state index contributed by atoms with van der Waals surface area (Å²) in [7, 11) is 0. The van der Waals surface area contributed by atoms with Crippen LogP contribution in [-0.2, 0) is 0 Å². The number of rotatable bonds is 2. The molecule has 0 aromatic heterocycles. The lowest BCUT2D eigenvalue weighted by Crippen LogP contribution is -1.98. The Morgan fingerprint density at radius 2 is 1.59 bits per heavy atom. The van der Waals surface area contributed by atoms with Crippen LogP contribution in [0.2, 0.25) is 0 Å². The van der Waals surface area contributed by atoms with Crippen LogP contribution in [0.25, 0.3) is 11.1 Å². The first-order valence-corrected chi connectivity index (χ1v) is 5.22. The summed E-state index contributed by atoms with van der Waals surface area (Å²) < 4.78 is 27.3. The molecule has 0 fully saturated rings. The van der Waals surface area contributed by atoms with E-state index in [2.05, 4.69) is 0 Å². The van der Waals surface area contributed by atoms with Crippen LogP contribution in [0.5, 0.6) is 0 Å². The molecule has 0 bridgehead atoms. The topological polar surface area (TPSA) is 17.1 Å². The van der Waals surface area contributed by atoms with Crippen LogP contribution >= 0.6 is 11.6 Å². The fourth-order valence-electron chi connectivity index (χ4n) is 1.63. The summed E-state index contributed by atoms with van der Waals surface area (Å²) in [5.74, 6) is -1.28. The van der Waals surface area contributed by atoms with Crippen LogP contribution in [0.1, 0.15) is 10.4 Å². The van der Waals surface area contributed by atoms with Gasteiger partial charge in [0.2, 0.25) is 0 Å². The molecular weight excluding hydrogens is 246 g/mol. The van der Waals surface area contributed by atoms with Gasteiger partial charge in [0.1, 0.15) is 11.6 Å². The van der Waals surface area contributed by atoms with Gasteiger partial charge in [0.25, 0.3) is 5.24 Å². The van der Waals surface area contributed by atoms with Crippen LogP contribution in [0.4, 0.5) is 8.78 Å². The zero-order chi connectivity index (χ0) is 12.4. The third-order valence-corrected chi connectivity index (χ3v) is 2.57. The zero-order valence-electron chi connectivity index (χ0n) is 8.58. The first-order valence-electron chi connectivity index (χ1n) is 4.84. The molecule has 0 atom stereocenters. The first-order chi connectivity index (χ1) is 8.11. The summed E-state index contributed by atoms with van der Waals surface area (Å²) in [6.07, 6.45) is 0. The Kier molecular flexibility index (Phi) is 3.20. The SMILES string of the molecule is O=C(Cl)c1cccc(F)c1-c1ccccc1F. The van der Waals surface area contributed by atoms with Crippen LogP contribution in [0.15, 0.2) is 42.5 Å². The summed E-state index contributed by atoms with van der Waals surface area (Å²) >= 11 is 5.35. The highest BCUT2D eigenvalue weighted by Gasteiger charge is 2.17. The minimum absolute atomic E-state index is 0.0228. The van der Waals surface area contributed by atoms with Crippen molar-refractivity contribution >= 4 is 16.8 Å². The molecule has 0 N–H and O–H groups in total. The minimum atomic E-state index is -0.817. The number of hydrogen-bond donors (Lipinski definition) is 0. The van der Waals surface area contributed by atoms with E-state index in [0.717, 1.165) is 6.07 Å². The standard InChI is InChI=1S/C13H7ClF2O/c14-13(17)9-5-3-7-11(16)12(9)8-4-1-2-6-10(8)15/h1-7H. The zero-order valence-corrected chi connectivity index (χ0v) is 9.34. The second kappa shape index (κ2) is 4.63. The lowest BCUT2D eigenvalue weighted by molar-refractivity contribution is 0.108. The molecule has 2 aromatic carbocycles. The maximum absolute atomic E-state index is 13.7. The predicted molar refractivity (Wildman–Crippen MR) is 62.0 cm³/mol. The maximum atomic E-state index is 13.7. The Bertz CT molecular complexity index is 581. The molecular formula is C13H7ClF2O. The first kappa shape index (κ1) is 11.7. The molecule has 0 aliphatic rings. The fraction of sp³-hybridized carbons (Fsp3) is 0. The van der Waals surface area contributed by atoms with Gasteiger partial charge in [-0.2, -0.15) is 0 Å². The van der Waals surface area contributed by atoms with Gasteiger partial charge in [-0.1, -0.05) is 24.3 Å². The van der Waals surface area contributed by atoms with E-state index in [1.807, 2.05) is 0 Å². The average molecular weight is 253 g/mol. The van der Waals surface area contributed by atoms with Gasteiger partial charge >= 0.3 is 0 Å². The van der Waals surface area contributed by atoms with Gasteiger partial charge in [-0.3, -0.25) is 4.79 Å². The van der Waals surface area contributed by atoms with Crippen molar-refractivity contribution in [1.29, 1.82) is 0 Å². The second-order valence-corrected chi connectivity index (χ2v) is 3.76. The molecule has 2 rings (SSSR count). The molecule has 1 nitrogen and oxygen atoms in total. The van der Waals surface area contributed by atoms with Gasteiger partial charge in [0.05, 0.1) is 0 Å². The molecule has 0 spiro atoms. The van der Waals surface area contributed by atoms with Crippen molar-refractivity contribution in [1.82, 2.24) is 0 Å². The fourth-order valence-corrected chi connectivity index (χ4v) is 1.78. The highest BCUT2D eigenvalue weighted by molar-refractivity contribution is 6.68. The number of hydrogen-bond acceptors (Lipinski definition) is 1. The summed E-state index contributed by atoms with van der Waals surface area (Å²) in [5.41, 5.74) is -0.128. The van der Waals surface area contributed by atoms with Gasteiger partial charge in [0.15, 0.2) is 0 Å². The molecule has 0 heterocycles. The quantitative estimate of drug-likeness (QED) is 0.738. The van der Waals surface area contributed by atoms with Gasteiger partial charge in [-0.25, -0.2) is 8.78 Å². The van der Waals surface area contributed by atoms with Crippen molar-refractivity contribution in [2.75, 3.05) is 0 Å². The molecule has 0 amide bonds. The lowest BCUT2D eigenvalue weighted by atomic mass is 9.99. The van der Waals surface area contributed by atoms with Crippen LogP contribution in [0.3, 0.4) is 0 Å². The van der Waals surface area contributed by atoms with Crippen molar-refractivity contribution in [2.24, 2.45) is 0 Å². The van der Waals surface area contributed by atoms with Crippen LogP contribution in [0, 0.1) is 11.6 Å². The van der Waals surface area contributed by atoms with Gasteiger partial charge < -0.3 is 0 Å². The molecule has 2 aromatic rings. The lowest BCUT2D eigenvalue weighted by Gasteiger charge is -2.08. The van der Waals surface area contributed by atoms with E-state index in [9.17, 15) is 13.6 Å². The molecule has 0 unspecified atom stereocenters. The Balaban J connectivity index is 2.75. The third kappa shape index (κ3) is 2.19. The largest absolute Gasteiger partial charge is 0.276 e. The minimum Gasteiger partial charge on any atom is -0.276 e. The van der Waals surface area contributed by atoms with Crippen molar-refractivity contribution < 1.29 is 13.6 Å². The van der Waals surface area contributed by atoms with E-state index in [1.54, 1.807) is 6.07 Å². The number of carbonyl (C=O) groups excluding carboxylic acids is 1. The highest BCUT2D eigenvalue weighted by atomic mass is 35.5. The number of benzene rings is 2. The van der Waals surface area contributed by atoms with Gasteiger partial charge in [-0.15, -0.1) is 0 Å². The molecule has 0 saturated heterocycles. The third-order valence-electron chi connectivity index (χ3n) is 2.37. The van der Waals surface area contributed by atoms with E-state index in [-0.39, 0.29) is 16.7 Å². The molecule has 0 aliphatic carbocycles. The molecule has 0 radical (unpaired) electrons. The molecule has 86 valence electrons. The highest BCUT2D eigenvalue weighted by Crippen LogP contribution is 2.29. The Labute approximate surface area is 102 Å². The summed E-state index contributed by atoms with van der Waals surface area (Å²) in [4.78, 5) is 11.2. The van der Waals surface area contributed by atoms with Crippen molar-refractivity contribution in [3.05, 3.63) is 59.7 Å².